The van der Waals surface area contributed by atoms with Gasteiger partial charge in [-0.1, -0.05) is 200 Å². The van der Waals surface area contributed by atoms with Gasteiger partial charge in [-0.2, -0.15) is 0 Å². The Bertz CT molecular complexity index is 4250. The van der Waals surface area contributed by atoms with Crippen molar-refractivity contribution in [2.24, 2.45) is 0 Å². The molecule has 0 fully saturated rings. The molecule has 0 radical (unpaired) electrons. The fourth-order valence-corrected chi connectivity index (χ4v) is 13.8. The van der Waals surface area contributed by atoms with Crippen LogP contribution in [0, 0.1) is 0 Å². The Morgan fingerprint density at radius 2 is 0.778 bits per heavy atom. The summed E-state index contributed by atoms with van der Waals surface area (Å²) >= 11 is 1.87. The van der Waals surface area contributed by atoms with Gasteiger partial charge in [-0.05, 0) is 133 Å². The van der Waals surface area contributed by atoms with Crippen LogP contribution < -0.4 is 9.80 Å². The van der Waals surface area contributed by atoms with Crippen LogP contribution in [-0.4, -0.2) is 0 Å². The smallest absolute Gasteiger partial charge is 0.0726 e. The Morgan fingerprint density at radius 1 is 0.264 bits per heavy atom. The first-order valence-corrected chi connectivity index (χ1v) is 25.7. The van der Waals surface area contributed by atoms with Crippen molar-refractivity contribution in [2.75, 3.05) is 9.80 Å². The minimum Gasteiger partial charge on any atom is -0.310 e. The first kappa shape index (κ1) is 40.8. The molecule has 2 aliphatic carbocycles. The average Bonchev–Trinajstić information content (AvgIpc) is 4.09. The molecule has 1 atom stereocenters. The normalized spacial score (nSPS) is 14.2. The van der Waals surface area contributed by atoms with E-state index in [1.807, 2.05) is 11.3 Å². The molecular weight excluding hydrogens is 889 g/mol. The third kappa shape index (κ3) is 5.77. The summed E-state index contributed by atoms with van der Waals surface area (Å²) < 4.78 is 2.55. The first-order valence-electron chi connectivity index (χ1n) is 24.8. The summed E-state index contributed by atoms with van der Waals surface area (Å²) in [6.07, 6.45) is 0. The van der Waals surface area contributed by atoms with Gasteiger partial charge in [-0.25, -0.2) is 0 Å². The number of fused-ring (bicyclic) bond motifs is 16. The zero-order valence-electron chi connectivity index (χ0n) is 39.2. The van der Waals surface area contributed by atoms with E-state index in [-0.39, 0.29) is 0 Å². The zero-order valence-corrected chi connectivity index (χ0v) is 40.0. The van der Waals surface area contributed by atoms with Crippen molar-refractivity contribution in [2.45, 2.75) is 5.41 Å². The number of hydrogen-bond donors (Lipinski definition) is 0. The van der Waals surface area contributed by atoms with E-state index in [4.69, 9.17) is 0 Å². The lowest BCUT2D eigenvalue weighted by Gasteiger charge is -2.33. The van der Waals surface area contributed by atoms with Crippen LogP contribution in [0.5, 0.6) is 0 Å². The molecule has 13 aromatic rings. The van der Waals surface area contributed by atoms with E-state index in [1.165, 1.54) is 97.4 Å². The number of anilines is 6. The monoisotopic (exact) mass is 932 g/mol. The molecule has 15 rings (SSSR count). The second-order valence-corrected chi connectivity index (χ2v) is 20.1. The molecule has 336 valence electrons. The largest absolute Gasteiger partial charge is 0.310 e. The van der Waals surface area contributed by atoms with E-state index in [2.05, 4.69) is 277 Å². The topological polar surface area (TPSA) is 6.48 Å². The molecule has 12 aromatic carbocycles. The van der Waals surface area contributed by atoms with Crippen LogP contribution in [0.2, 0.25) is 0 Å². The van der Waals surface area contributed by atoms with Crippen LogP contribution in [0.3, 0.4) is 0 Å². The maximum Gasteiger partial charge on any atom is 0.0726 e. The van der Waals surface area contributed by atoms with E-state index in [0.29, 0.717) is 0 Å². The maximum atomic E-state index is 2.55. The molecule has 3 heteroatoms. The molecule has 72 heavy (non-hydrogen) atoms. The van der Waals surface area contributed by atoms with Gasteiger partial charge in [0.1, 0.15) is 0 Å². The molecule has 0 saturated carbocycles. The average molecular weight is 933 g/mol. The lowest BCUT2D eigenvalue weighted by atomic mass is 9.70. The predicted octanol–water partition coefficient (Wildman–Crippen LogP) is 19.3. The number of para-hydroxylation sites is 3. The summed E-state index contributed by atoms with van der Waals surface area (Å²) in [7, 11) is 0. The number of nitrogens with zero attached hydrogens (tertiary/aromatic N) is 2. The molecular formula is C69H44N2S. The van der Waals surface area contributed by atoms with Crippen molar-refractivity contribution >= 4 is 87.2 Å². The third-order valence-corrected chi connectivity index (χ3v) is 16.6. The molecule has 0 saturated heterocycles. The van der Waals surface area contributed by atoms with Crippen molar-refractivity contribution < 1.29 is 0 Å². The van der Waals surface area contributed by atoms with Crippen LogP contribution >= 0.6 is 11.3 Å². The quantitative estimate of drug-likeness (QED) is 0.157. The number of hydrogen-bond acceptors (Lipinski definition) is 3. The summed E-state index contributed by atoms with van der Waals surface area (Å²) in [4.78, 5) is 4.96. The summed E-state index contributed by atoms with van der Waals surface area (Å²) in [5.41, 5.74) is 19.0. The minimum atomic E-state index is -0.566. The van der Waals surface area contributed by atoms with Crippen LogP contribution in [-0.2, 0) is 5.41 Å². The van der Waals surface area contributed by atoms with Crippen LogP contribution in [0.25, 0.3) is 75.1 Å². The highest BCUT2D eigenvalue weighted by Gasteiger charge is 2.53. The highest BCUT2D eigenvalue weighted by Crippen LogP contribution is 2.66. The third-order valence-electron chi connectivity index (χ3n) is 15.4. The molecule has 0 aliphatic heterocycles. The summed E-state index contributed by atoms with van der Waals surface area (Å²) in [6.45, 7) is 0. The van der Waals surface area contributed by atoms with Crippen LogP contribution in [0.4, 0.5) is 34.1 Å². The van der Waals surface area contributed by atoms with Gasteiger partial charge in [0.15, 0.2) is 0 Å². The lowest BCUT2D eigenvalue weighted by Crippen LogP contribution is -2.26. The van der Waals surface area contributed by atoms with Gasteiger partial charge in [-0.3, -0.25) is 0 Å². The molecule has 2 nitrogen and oxygen atoms in total. The molecule has 0 bridgehead atoms. The van der Waals surface area contributed by atoms with Crippen LogP contribution in [0.15, 0.2) is 267 Å². The minimum absolute atomic E-state index is 0.566. The van der Waals surface area contributed by atoms with Gasteiger partial charge < -0.3 is 9.80 Å². The van der Waals surface area contributed by atoms with Crippen molar-refractivity contribution in [1.82, 2.24) is 0 Å². The molecule has 1 unspecified atom stereocenters. The van der Waals surface area contributed by atoms with E-state index in [9.17, 15) is 0 Å². The molecule has 1 heterocycles. The summed E-state index contributed by atoms with van der Waals surface area (Å²) in [5, 5.41) is 7.43. The number of benzene rings is 12. The zero-order chi connectivity index (χ0) is 47.3. The van der Waals surface area contributed by atoms with Crippen molar-refractivity contribution in [3.8, 4) is 33.4 Å². The van der Waals surface area contributed by atoms with E-state index in [0.717, 1.165) is 34.1 Å². The highest BCUT2D eigenvalue weighted by molar-refractivity contribution is 7.26. The Kier molecular flexibility index (Phi) is 9.08. The Hall–Kier alpha value is -9.02. The molecule has 0 N–H and O–H groups in total. The summed E-state index contributed by atoms with van der Waals surface area (Å²) in [5.74, 6) is 0. The Morgan fingerprint density at radius 3 is 1.49 bits per heavy atom. The Balaban J connectivity index is 1.10. The van der Waals surface area contributed by atoms with Gasteiger partial charge in [0.2, 0.25) is 0 Å². The van der Waals surface area contributed by atoms with Gasteiger partial charge in [0, 0.05) is 48.2 Å². The van der Waals surface area contributed by atoms with Crippen molar-refractivity contribution in [3.05, 3.63) is 289 Å². The van der Waals surface area contributed by atoms with E-state index in [1.54, 1.807) is 0 Å². The lowest BCUT2D eigenvalue weighted by molar-refractivity contribution is 0.794. The van der Waals surface area contributed by atoms with Gasteiger partial charge in [0.05, 0.1) is 22.5 Å². The van der Waals surface area contributed by atoms with Crippen LogP contribution in [0.1, 0.15) is 22.3 Å². The highest BCUT2D eigenvalue weighted by atomic mass is 32.1. The first-order chi connectivity index (χ1) is 35.8. The number of rotatable bonds is 7. The SMILES string of the molecule is c1ccc(N(c2ccccc2)c2ccc(-c3c(N(c4ccccc4)c4cccc5sc6ccccc6c45)ccc4c3-c3ccccc3C43c4ccccc4-c4c3ccc3ccccc43)c3ccccc23)cc1. The fourth-order valence-electron chi connectivity index (χ4n) is 12.6. The molecule has 2 aliphatic rings. The second kappa shape index (κ2) is 16.0. The molecule has 1 aromatic heterocycles. The predicted molar refractivity (Wildman–Crippen MR) is 305 cm³/mol. The fraction of sp³-hybridized carbons (Fsp3) is 0.0145. The second-order valence-electron chi connectivity index (χ2n) is 19.0. The summed E-state index contributed by atoms with van der Waals surface area (Å²) in [6, 6.07) is 99.3. The number of thiophene rings is 1. The van der Waals surface area contributed by atoms with Crippen molar-refractivity contribution in [3.63, 3.8) is 0 Å². The van der Waals surface area contributed by atoms with E-state index >= 15 is 0 Å². The molecule has 1 spiro atoms. The van der Waals surface area contributed by atoms with Crippen molar-refractivity contribution in [1.29, 1.82) is 0 Å². The van der Waals surface area contributed by atoms with Gasteiger partial charge >= 0.3 is 0 Å². The van der Waals surface area contributed by atoms with Gasteiger partial charge in [-0.15, -0.1) is 11.3 Å². The Labute approximate surface area is 422 Å². The maximum absolute atomic E-state index is 2.55. The van der Waals surface area contributed by atoms with E-state index < -0.39 is 5.41 Å². The molecule has 0 amide bonds. The standard InChI is InChI=1S/C69H44N2S/c1-4-22-46(23-5-1)70(47-24-6-2-7-25-47)60-43-40-52(50-29-12-13-30-51(50)60)68-62(71(48-26-8-3-9-27-48)61-36-20-38-64-67(61)55-33-16-19-37-63(55)72-64)44-42-59-66(68)54-32-15-18-35-57(54)69(59)56-34-17-14-31-53(56)65-49-28-11-10-21-45(49)39-41-58(65)69/h1-44H. The van der Waals surface area contributed by atoms with Gasteiger partial charge in [0.25, 0.3) is 0 Å².